The van der Waals surface area contributed by atoms with Gasteiger partial charge in [-0.1, -0.05) is 12.1 Å². The Hall–Kier alpha value is -3.48. The van der Waals surface area contributed by atoms with Crippen molar-refractivity contribution in [1.82, 2.24) is 19.9 Å². The molecule has 0 aliphatic heterocycles. The van der Waals surface area contributed by atoms with Crippen molar-refractivity contribution < 1.29 is 4.39 Å². The predicted octanol–water partition coefficient (Wildman–Crippen LogP) is 4.82. The van der Waals surface area contributed by atoms with Crippen LogP contribution in [0.1, 0.15) is 22.6 Å². The Kier molecular flexibility index (Phi) is 5.12. The zero-order valence-corrected chi connectivity index (χ0v) is 16.7. The van der Waals surface area contributed by atoms with Crippen LogP contribution in [0.4, 0.5) is 21.8 Å². The highest BCUT2D eigenvalue weighted by Crippen LogP contribution is 2.28. The van der Waals surface area contributed by atoms with Crippen LogP contribution in [0.15, 0.2) is 42.6 Å². The summed E-state index contributed by atoms with van der Waals surface area (Å²) in [5.74, 6) is 2.58. The van der Waals surface area contributed by atoms with Gasteiger partial charge < -0.3 is 15.6 Å². The summed E-state index contributed by atoms with van der Waals surface area (Å²) in [6.45, 7) is 6.52. The van der Waals surface area contributed by atoms with Crippen LogP contribution < -0.4 is 10.6 Å². The van der Waals surface area contributed by atoms with E-state index in [0.29, 0.717) is 23.7 Å². The summed E-state index contributed by atoms with van der Waals surface area (Å²) in [5, 5.41) is 7.52. The van der Waals surface area contributed by atoms with Crippen molar-refractivity contribution in [3.8, 4) is 0 Å². The van der Waals surface area contributed by atoms with Crippen LogP contribution in [0, 0.1) is 26.6 Å². The van der Waals surface area contributed by atoms with Gasteiger partial charge in [-0.05, 0) is 56.5 Å². The average Bonchev–Trinajstić information content (AvgIpc) is 3.03. The lowest BCUT2D eigenvalue weighted by molar-refractivity contribution is 0.637. The van der Waals surface area contributed by atoms with E-state index in [1.807, 2.05) is 51.1 Å². The van der Waals surface area contributed by atoms with Crippen molar-refractivity contribution >= 4 is 28.4 Å². The second kappa shape index (κ2) is 7.87. The zero-order valence-electron chi connectivity index (χ0n) is 16.7. The van der Waals surface area contributed by atoms with Gasteiger partial charge in [0.25, 0.3) is 0 Å². The van der Waals surface area contributed by atoms with Crippen molar-refractivity contribution in [3.63, 3.8) is 0 Å². The standard InChI is InChI=1S/C22H23FN6/c1-13-7-8-17(23)22-21(13)16(14(2)26-22)9-11-25-19-12-20(28-15(3)27-19)29-18-6-4-5-10-24-18/h4-8,10,12,26H,9,11H2,1-3H3,(H2,24,25,27,28,29). The Morgan fingerprint density at radius 3 is 2.62 bits per heavy atom. The van der Waals surface area contributed by atoms with Crippen LogP contribution in [0.2, 0.25) is 0 Å². The first-order valence-corrected chi connectivity index (χ1v) is 9.55. The molecule has 7 heteroatoms. The summed E-state index contributed by atoms with van der Waals surface area (Å²) < 4.78 is 14.1. The largest absolute Gasteiger partial charge is 0.370 e. The first-order valence-electron chi connectivity index (χ1n) is 9.55. The Morgan fingerprint density at radius 1 is 1.00 bits per heavy atom. The second-order valence-electron chi connectivity index (χ2n) is 7.05. The Balaban J connectivity index is 1.50. The maximum atomic E-state index is 14.1. The highest BCUT2D eigenvalue weighted by atomic mass is 19.1. The number of benzene rings is 1. The number of hydrogen-bond acceptors (Lipinski definition) is 5. The third-order valence-electron chi connectivity index (χ3n) is 4.87. The third-order valence-corrected chi connectivity index (χ3v) is 4.87. The van der Waals surface area contributed by atoms with E-state index in [1.54, 1.807) is 6.20 Å². The van der Waals surface area contributed by atoms with Crippen molar-refractivity contribution in [2.45, 2.75) is 27.2 Å². The van der Waals surface area contributed by atoms with Crippen LogP contribution in [0.5, 0.6) is 0 Å². The lowest BCUT2D eigenvalue weighted by atomic mass is 10.0. The highest BCUT2D eigenvalue weighted by Gasteiger charge is 2.14. The first-order chi connectivity index (χ1) is 14.0. The molecule has 1 aromatic carbocycles. The average molecular weight is 390 g/mol. The first kappa shape index (κ1) is 18.9. The number of H-pyrrole nitrogens is 1. The minimum atomic E-state index is -0.218. The lowest BCUT2D eigenvalue weighted by Crippen LogP contribution is -2.09. The van der Waals surface area contributed by atoms with Gasteiger partial charge in [-0.2, -0.15) is 0 Å². The fourth-order valence-corrected chi connectivity index (χ4v) is 3.56. The van der Waals surface area contributed by atoms with Gasteiger partial charge in [-0.3, -0.25) is 0 Å². The molecule has 3 N–H and O–H groups in total. The maximum Gasteiger partial charge on any atom is 0.147 e. The maximum absolute atomic E-state index is 14.1. The molecule has 3 aromatic heterocycles. The smallest absolute Gasteiger partial charge is 0.147 e. The molecule has 0 atom stereocenters. The number of aromatic amines is 1. The molecule has 0 unspecified atom stereocenters. The molecule has 0 radical (unpaired) electrons. The molecule has 0 fully saturated rings. The van der Waals surface area contributed by atoms with Crippen molar-refractivity contribution in [1.29, 1.82) is 0 Å². The molecule has 6 nitrogen and oxygen atoms in total. The number of nitrogens with zero attached hydrogens (tertiary/aromatic N) is 3. The Morgan fingerprint density at radius 2 is 1.83 bits per heavy atom. The molecule has 0 saturated carbocycles. The van der Waals surface area contributed by atoms with E-state index in [4.69, 9.17) is 0 Å². The van der Waals surface area contributed by atoms with E-state index in [9.17, 15) is 4.39 Å². The van der Waals surface area contributed by atoms with Crippen LogP contribution in [0.25, 0.3) is 10.9 Å². The SMILES string of the molecule is Cc1nc(NCCc2c(C)[nH]c3c(F)ccc(C)c23)cc(Nc2ccccn2)n1. The molecule has 4 aromatic rings. The van der Waals surface area contributed by atoms with Crippen molar-refractivity contribution in [2.24, 2.45) is 0 Å². The van der Waals surface area contributed by atoms with E-state index in [1.165, 1.54) is 6.07 Å². The predicted molar refractivity (Wildman–Crippen MR) is 114 cm³/mol. The minimum absolute atomic E-state index is 0.218. The van der Waals surface area contributed by atoms with Gasteiger partial charge in [0.2, 0.25) is 0 Å². The normalized spacial score (nSPS) is 11.0. The van der Waals surface area contributed by atoms with Gasteiger partial charge >= 0.3 is 0 Å². The fraction of sp³-hybridized carbons (Fsp3) is 0.227. The molecule has 4 rings (SSSR count). The third kappa shape index (κ3) is 4.03. The summed E-state index contributed by atoms with van der Waals surface area (Å²) in [7, 11) is 0. The topological polar surface area (TPSA) is 78.5 Å². The number of hydrogen-bond donors (Lipinski definition) is 3. The second-order valence-corrected chi connectivity index (χ2v) is 7.05. The molecule has 0 bridgehead atoms. The van der Waals surface area contributed by atoms with Crippen LogP contribution >= 0.6 is 0 Å². The molecular weight excluding hydrogens is 367 g/mol. The monoisotopic (exact) mass is 390 g/mol. The summed E-state index contributed by atoms with van der Waals surface area (Å²) in [5.41, 5.74) is 3.77. The van der Waals surface area contributed by atoms with E-state index < -0.39 is 0 Å². The highest BCUT2D eigenvalue weighted by molar-refractivity contribution is 5.88. The van der Waals surface area contributed by atoms with Gasteiger partial charge in [0.05, 0.1) is 5.52 Å². The van der Waals surface area contributed by atoms with Gasteiger partial charge in [0, 0.05) is 29.9 Å². The van der Waals surface area contributed by atoms with E-state index in [0.717, 1.165) is 40.3 Å². The lowest BCUT2D eigenvalue weighted by Gasteiger charge is -2.10. The molecule has 0 aliphatic rings. The van der Waals surface area contributed by atoms with E-state index >= 15 is 0 Å². The van der Waals surface area contributed by atoms with E-state index in [-0.39, 0.29) is 5.82 Å². The van der Waals surface area contributed by atoms with Crippen LogP contribution in [0.3, 0.4) is 0 Å². The number of anilines is 3. The van der Waals surface area contributed by atoms with E-state index in [2.05, 4.69) is 30.6 Å². The molecule has 3 heterocycles. The van der Waals surface area contributed by atoms with Crippen LogP contribution in [-0.2, 0) is 6.42 Å². The molecule has 0 aliphatic carbocycles. The number of aryl methyl sites for hydroxylation is 3. The molecule has 0 spiro atoms. The summed E-state index contributed by atoms with van der Waals surface area (Å²) >= 11 is 0. The molecule has 0 saturated heterocycles. The minimum Gasteiger partial charge on any atom is -0.370 e. The van der Waals surface area contributed by atoms with Gasteiger partial charge in [-0.25, -0.2) is 19.3 Å². The molecular formula is C22H23FN6. The van der Waals surface area contributed by atoms with Gasteiger partial charge in [-0.15, -0.1) is 0 Å². The number of pyridine rings is 1. The summed E-state index contributed by atoms with van der Waals surface area (Å²) in [6.07, 6.45) is 2.48. The molecule has 148 valence electrons. The number of halogens is 1. The van der Waals surface area contributed by atoms with Crippen molar-refractivity contribution in [3.05, 3.63) is 71.1 Å². The van der Waals surface area contributed by atoms with Gasteiger partial charge in [0.15, 0.2) is 0 Å². The Bertz CT molecular complexity index is 1150. The summed E-state index contributed by atoms with van der Waals surface area (Å²) in [6, 6.07) is 10.8. The van der Waals surface area contributed by atoms with Gasteiger partial charge in [0.1, 0.15) is 29.1 Å². The number of rotatable bonds is 6. The number of aromatic nitrogens is 4. The quantitative estimate of drug-likeness (QED) is 0.440. The number of fused-ring (bicyclic) bond motifs is 1. The Labute approximate surface area is 168 Å². The zero-order chi connectivity index (χ0) is 20.4. The fourth-order valence-electron chi connectivity index (χ4n) is 3.56. The summed E-state index contributed by atoms with van der Waals surface area (Å²) in [4.78, 5) is 16.3. The molecule has 0 amide bonds. The van der Waals surface area contributed by atoms with Crippen molar-refractivity contribution in [2.75, 3.05) is 17.2 Å². The molecule has 29 heavy (non-hydrogen) atoms. The number of nitrogens with one attached hydrogen (secondary N) is 3. The van der Waals surface area contributed by atoms with Crippen LogP contribution in [-0.4, -0.2) is 26.5 Å².